The summed E-state index contributed by atoms with van der Waals surface area (Å²) >= 11 is -0.884. The van der Waals surface area contributed by atoms with E-state index < -0.39 is 12.6 Å². The fourth-order valence-corrected chi connectivity index (χ4v) is 3.74. The van der Waals surface area contributed by atoms with Gasteiger partial charge >= 0.3 is 43.9 Å². The summed E-state index contributed by atoms with van der Waals surface area (Å²) in [6.07, 6.45) is 2.09. The average Bonchev–Trinajstić information content (AvgIpc) is 1.86. The van der Waals surface area contributed by atoms with Crippen molar-refractivity contribution < 1.29 is 0 Å². The van der Waals surface area contributed by atoms with Crippen LogP contribution in [0.2, 0.25) is 5.32 Å². The normalized spacial score (nSPS) is 31.7. The van der Waals surface area contributed by atoms with Crippen molar-refractivity contribution in [2.75, 3.05) is 0 Å². The van der Waals surface area contributed by atoms with Gasteiger partial charge in [0.25, 0.3) is 0 Å². The molecular weight excluding hydrogens is 161 g/mol. The number of rotatable bonds is 0. The minimum absolute atomic E-state index is 0.884. The molecule has 6 heavy (non-hydrogen) atoms. The Morgan fingerprint density at radius 3 is 2.83 bits per heavy atom. The molecule has 1 nitrogen and oxygen atoms in total. The Balaban J connectivity index is 2.52. The SMILES string of the molecule is N=[Se]1CC=CS1. The van der Waals surface area contributed by atoms with Crippen molar-refractivity contribution >= 4 is 22.8 Å². The van der Waals surface area contributed by atoms with Crippen LogP contribution in [0, 0.1) is 4.38 Å². The van der Waals surface area contributed by atoms with Gasteiger partial charge in [0.05, 0.1) is 0 Å². The first-order valence-corrected chi connectivity index (χ1v) is 6.61. The second kappa shape index (κ2) is 1.92. The second-order valence-electron chi connectivity index (χ2n) is 0.980. The van der Waals surface area contributed by atoms with Crippen LogP contribution in [-0.2, 0) is 0 Å². The first-order chi connectivity index (χ1) is 2.89. The van der Waals surface area contributed by atoms with E-state index in [1.165, 1.54) is 0 Å². The molecule has 0 aliphatic carbocycles. The van der Waals surface area contributed by atoms with Crippen molar-refractivity contribution in [1.29, 1.82) is 4.38 Å². The van der Waals surface area contributed by atoms with Crippen molar-refractivity contribution in [3.63, 3.8) is 0 Å². The predicted molar refractivity (Wildman–Crippen MR) is 30.0 cm³/mol. The van der Waals surface area contributed by atoms with E-state index in [2.05, 4.69) is 6.08 Å². The zero-order chi connectivity index (χ0) is 4.41. The monoisotopic (exact) mass is 167 g/mol. The van der Waals surface area contributed by atoms with Gasteiger partial charge in [0, 0.05) is 0 Å². The van der Waals surface area contributed by atoms with Crippen LogP contribution in [0.1, 0.15) is 0 Å². The summed E-state index contributed by atoms with van der Waals surface area (Å²) in [6.45, 7) is 0. The molecule has 0 saturated heterocycles. The predicted octanol–water partition coefficient (Wildman–Crippen LogP) is 1.58. The standard InChI is InChI=1S/C3H5NSSe/c4-6-3-1-2-5-6/h1-2,4H,3H2. The zero-order valence-corrected chi connectivity index (χ0v) is 5.71. The fraction of sp³-hybridized carbons (Fsp3) is 0.333. The maximum absolute atomic E-state index is 7.16. The maximum atomic E-state index is 7.16. The molecule has 1 aliphatic rings. The average molecular weight is 166 g/mol. The van der Waals surface area contributed by atoms with Gasteiger partial charge in [0.2, 0.25) is 0 Å². The molecule has 0 radical (unpaired) electrons. The minimum atomic E-state index is -0.884. The van der Waals surface area contributed by atoms with Crippen LogP contribution in [0.15, 0.2) is 11.5 Å². The van der Waals surface area contributed by atoms with Crippen molar-refractivity contribution in [3.05, 3.63) is 11.5 Å². The van der Waals surface area contributed by atoms with E-state index in [1.54, 1.807) is 10.2 Å². The van der Waals surface area contributed by atoms with Crippen LogP contribution < -0.4 is 0 Å². The van der Waals surface area contributed by atoms with Crippen LogP contribution in [0.4, 0.5) is 0 Å². The van der Waals surface area contributed by atoms with E-state index in [-0.39, 0.29) is 0 Å². The topological polar surface area (TPSA) is 23.9 Å². The van der Waals surface area contributed by atoms with E-state index in [0.717, 1.165) is 5.32 Å². The number of nitrogens with one attached hydrogen (secondary N) is 1. The second-order valence-corrected chi connectivity index (χ2v) is 6.90. The molecule has 1 unspecified atom stereocenters. The third-order valence-corrected chi connectivity index (χ3v) is 4.96. The summed E-state index contributed by atoms with van der Waals surface area (Å²) in [7, 11) is 1.71. The third-order valence-electron chi connectivity index (χ3n) is 0.516. The summed E-state index contributed by atoms with van der Waals surface area (Å²) in [5, 5.41) is 3.10. The molecule has 0 aromatic heterocycles. The summed E-state index contributed by atoms with van der Waals surface area (Å²) in [6, 6.07) is 0. The van der Waals surface area contributed by atoms with Gasteiger partial charge in [0.1, 0.15) is 0 Å². The van der Waals surface area contributed by atoms with Crippen LogP contribution in [0.25, 0.3) is 0 Å². The zero-order valence-electron chi connectivity index (χ0n) is 3.18. The molecule has 1 heterocycles. The molecule has 1 atom stereocenters. The van der Waals surface area contributed by atoms with Crippen LogP contribution in [0.3, 0.4) is 0 Å². The molecular formula is C3H5NSSe. The molecule has 3 heteroatoms. The Labute approximate surface area is 44.4 Å². The Bertz CT molecular complexity index is 89.0. The van der Waals surface area contributed by atoms with E-state index >= 15 is 0 Å². The van der Waals surface area contributed by atoms with E-state index in [1.807, 2.05) is 5.41 Å². The van der Waals surface area contributed by atoms with E-state index in [0.29, 0.717) is 0 Å². The Morgan fingerprint density at radius 2 is 2.67 bits per heavy atom. The van der Waals surface area contributed by atoms with Gasteiger partial charge in [-0.3, -0.25) is 0 Å². The summed E-state index contributed by atoms with van der Waals surface area (Å²) < 4.78 is 7.16. The molecule has 0 saturated carbocycles. The van der Waals surface area contributed by atoms with Gasteiger partial charge < -0.3 is 0 Å². The van der Waals surface area contributed by atoms with Crippen molar-refractivity contribution in [3.8, 4) is 0 Å². The first kappa shape index (κ1) is 4.57. The van der Waals surface area contributed by atoms with E-state index in [4.69, 9.17) is 4.38 Å². The van der Waals surface area contributed by atoms with Gasteiger partial charge in [-0.25, -0.2) is 0 Å². The molecule has 0 aromatic rings. The quantitative estimate of drug-likeness (QED) is 0.542. The van der Waals surface area contributed by atoms with Crippen molar-refractivity contribution in [2.45, 2.75) is 5.32 Å². The summed E-state index contributed by atoms with van der Waals surface area (Å²) in [5.74, 6) is 0. The molecule has 1 N–H and O–H groups in total. The van der Waals surface area contributed by atoms with Crippen molar-refractivity contribution in [1.82, 2.24) is 0 Å². The van der Waals surface area contributed by atoms with Gasteiger partial charge in [0.15, 0.2) is 0 Å². The summed E-state index contributed by atoms with van der Waals surface area (Å²) in [5.41, 5.74) is 0. The van der Waals surface area contributed by atoms with Gasteiger partial charge in [-0.15, -0.1) is 0 Å². The first-order valence-electron chi connectivity index (χ1n) is 1.64. The number of hydrogen-bond acceptors (Lipinski definition) is 2. The molecule has 1 aliphatic heterocycles. The van der Waals surface area contributed by atoms with Crippen molar-refractivity contribution in [2.24, 2.45) is 0 Å². The van der Waals surface area contributed by atoms with E-state index in [9.17, 15) is 0 Å². The Hall–Kier alpha value is 0.409. The van der Waals surface area contributed by atoms with Crippen LogP contribution in [0.5, 0.6) is 0 Å². The Kier molecular flexibility index (Phi) is 1.46. The molecule has 0 amide bonds. The van der Waals surface area contributed by atoms with Crippen LogP contribution in [-0.4, -0.2) is 12.6 Å². The van der Waals surface area contributed by atoms with Crippen LogP contribution >= 0.6 is 10.2 Å². The molecule has 0 spiro atoms. The van der Waals surface area contributed by atoms with Gasteiger partial charge in [-0.1, -0.05) is 0 Å². The molecule has 0 bridgehead atoms. The number of hydrogen-bond donors (Lipinski definition) is 1. The fourth-order valence-electron chi connectivity index (χ4n) is 0.272. The molecule has 34 valence electrons. The molecule has 1 rings (SSSR count). The summed E-state index contributed by atoms with van der Waals surface area (Å²) in [4.78, 5) is 0. The number of allylic oxidation sites excluding steroid dienone is 1. The third kappa shape index (κ3) is 0.934. The molecule has 0 aromatic carbocycles. The Morgan fingerprint density at radius 1 is 1.83 bits per heavy atom. The van der Waals surface area contributed by atoms with Gasteiger partial charge in [-0.05, 0) is 0 Å². The van der Waals surface area contributed by atoms with Gasteiger partial charge in [-0.2, -0.15) is 0 Å². The molecule has 0 fully saturated rings.